The van der Waals surface area contributed by atoms with Gasteiger partial charge in [0.15, 0.2) is 5.41 Å². The minimum absolute atomic E-state index is 0.313. The predicted molar refractivity (Wildman–Crippen MR) is 154 cm³/mol. The number of aliphatic carboxylic acids is 1. The van der Waals surface area contributed by atoms with Gasteiger partial charge in [-0.15, -0.1) is 0 Å². The number of aryl methyl sites for hydroxylation is 1. The fraction of sp³-hybridized carbons (Fsp3) is 0.467. The molecule has 0 bridgehead atoms. The van der Waals surface area contributed by atoms with Crippen LogP contribution in [0.25, 0.3) is 17.0 Å². The highest BCUT2D eigenvalue weighted by atomic mass is 16.4. The summed E-state index contributed by atoms with van der Waals surface area (Å²) in [7, 11) is 0. The van der Waals surface area contributed by atoms with Crippen molar-refractivity contribution in [1.29, 1.82) is 5.26 Å². The van der Waals surface area contributed by atoms with Crippen LogP contribution in [-0.4, -0.2) is 63.5 Å². The molecular formula is C30H38N6O5. The van der Waals surface area contributed by atoms with Gasteiger partial charge in [0.05, 0.1) is 11.6 Å². The van der Waals surface area contributed by atoms with Crippen LogP contribution in [0.15, 0.2) is 36.4 Å². The summed E-state index contributed by atoms with van der Waals surface area (Å²) in [5.41, 5.74) is 3.65. The second-order valence-electron chi connectivity index (χ2n) is 10.8. The molecule has 2 aromatic rings. The lowest BCUT2D eigenvalue weighted by Crippen LogP contribution is -2.61. The number of nitriles is 1. The number of nitrogens with zero attached hydrogens (tertiary/aromatic N) is 3. The van der Waals surface area contributed by atoms with Crippen LogP contribution in [0.5, 0.6) is 0 Å². The normalized spacial score (nSPS) is 18.4. The first-order valence-corrected chi connectivity index (χ1v) is 13.8. The number of amides is 3. The molecule has 4 unspecified atom stereocenters. The van der Waals surface area contributed by atoms with Crippen LogP contribution < -0.4 is 16.1 Å². The second kappa shape index (κ2) is 13.4. The number of carboxylic acids is 1. The maximum absolute atomic E-state index is 13.3. The van der Waals surface area contributed by atoms with E-state index in [9.17, 15) is 29.5 Å². The summed E-state index contributed by atoms with van der Waals surface area (Å²) in [5, 5.41) is 26.7. The van der Waals surface area contributed by atoms with Crippen molar-refractivity contribution in [3.05, 3.63) is 47.7 Å². The highest BCUT2D eigenvalue weighted by molar-refractivity contribution is 5.95. The Morgan fingerprint density at radius 2 is 1.93 bits per heavy atom. The van der Waals surface area contributed by atoms with Crippen LogP contribution in [0, 0.1) is 22.7 Å². The molecule has 11 nitrogen and oxygen atoms in total. The third kappa shape index (κ3) is 7.67. The van der Waals surface area contributed by atoms with E-state index in [1.165, 1.54) is 24.9 Å². The van der Waals surface area contributed by atoms with Gasteiger partial charge in [0.1, 0.15) is 18.1 Å². The van der Waals surface area contributed by atoms with E-state index in [1.54, 1.807) is 19.9 Å². The number of rotatable bonds is 10. The number of hydrazine groups is 1. The monoisotopic (exact) mass is 562 g/mol. The summed E-state index contributed by atoms with van der Waals surface area (Å²) >= 11 is 0. The molecule has 0 saturated carbocycles. The van der Waals surface area contributed by atoms with Gasteiger partial charge in [-0.2, -0.15) is 5.26 Å². The first kappa shape index (κ1) is 31.2. The van der Waals surface area contributed by atoms with Crippen LogP contribution >= 0.6 is 0 Å². The van der Waals surface area contributed by atoms with Crippen molar-refractivity contribution in [1.82, 2.24) is 26.1 Å². The molecule has 11 heteroatoms. The maximum Gasteiger partial charge on any atom is 0.322 e. The fourth-order valence-electron chi connectivity index (χ4n) is 4.45. The molecule has 3 rings (SSSR count). The standard InChI is InChI=1S/C30H38N6O5/c1-6-22-12-11-21-10-9-20(16-24(21)33-22)13-14-30(5,17-31)29(41)34-25(18(2)3)26(37)32-19(4)27(38)36-15-7-8-23(35-36)28(39)40/h9-14,16,18-19,23,25,35H,6-8,15H2,1-5H3,(H,32,37)(H,34,41)(H,39,40)/b14-13+. The molecule has 1 aliphatic rings. The first-order chi connectivity index (χ1) is 19.4. The number of hydrogen-bond acceptors (Lipinski definition) is 7. The smallest absolute Gasteiger partial charge is 0.322 e. The number of benzene rings is 1. The van der Waals surface area contributed by atoms with Crippen LogP contribution in [0.3, 0.4) is 0 Å². The average Bonchev–Trinajstić information content (AvgIpc) is 2.97. The van der Waals surface area contributed by atoms with E-state index in [4.69, 9.17) is 0 Å². The molecule has 1 fully saturated rings. The number of hydrogen-bond donors (Lipinski definition) is 4. The van der Waals surface area contributed by atoms with Crippen LogP contribution in [0.4, 0.5) is 0 Å². The lowest BCUT2D eigenvalue weighted by atomic mass is 9.89. The largest absolute Gasteiger partial charge is 0.480 e. The molecule has 1 aromatic carbocycles. The molecule has 4 atom stereocenters. The average molecular weight is 563 g/mol. The van der Waals surface area contributed by atoms with E-state index >= 15 is 0 Å². The predicted octanol–water partition coefficient (Wildman–Crippen LogP) is 2.57. The molecule has 3 amide bonds. The highest BCUT2D eigenvalue weighted by Gasteiger charge is 2.36. The fourth-order valence-corrected chi connectivity index (χ4v) is 4.45. The summed E-state index contributed by atoms with van der Waals surface area (Å²) in [5.74, 6) is -3.13. The minimum Gasteiger partial charge on any atom is -0.480 e. The van der Waals surface area contributed by atoms with E-state index in [0.29, 0.717) is 19.4 Å². The molecule has 2 heterocycles. The van der Waals surface area contributed by atoms with Crippen molar-refractivity contribution in [2.45, 2.75) is 72.0 Å². The van der Waals surface area contributed by atoms with Crippen LogP contribution in [0.2, 0.25) is 0 Å². The van der Waals surface area contributed by atoms with Gasteiger partial charge in [-0.25, -0.2) is 5.43 Å². The Balaban J connectivity index is 1.69. The molecule has 1 saturated heterocycles. The molecule has 218 valence electrons. The van der Waals surface area contributed by atoms with E-state index in [1.807, 2.05) is 43.3 Å². The summed E-state index contributed by atoms with van der Waals surface area (Å²) in [6.07, 6.45) is 4.89. The van der Waals surface area contributed by atoms with Crippen LogP contribution in [0.1, 0.15) is 58.7 Å². The molecule has 0 aliphatic carbocycles. The van der Waals surface area contributed by atoms with Crippen LogP contribution in [-0.2, 0) is 25.6 Å². The highest BCUT2D eigenvalue weighted by Crippen LogP contribution is 2.22. The van der Waals surface area contributed by atoms with E-state index < -0.39 is 47.2 Å². The number of aromatic nitrogens is 1. The Kier molecular flexibility index (Phi) is 10.2. The number of carbonyl (C=O) groups is 4. The molecule has 41 heavy (non-hydrogen) atoms. The van der Waals surface area contributed by atoms with Gasteiger partial charge >= 0.3 is 5.97 Å². The number of carboxylic acid groups (broad SMARTS) is 1. The van der Waals surface area contributed by atoms with Gasteiger partial charge in [0.25, 0.3) is 5.91 Å². The van der Waals surface area contributed by atoms with Gasteiger partial charge in [-0.3, -0.25) is 29.2 Å². The quantitative estimate of drug-likeness (QED) is 0.343. The third-order valence-corrected chi connectivity index (χ3v) is 7.16. The van der Waals surface area contributed by atoms with Crippen molar-refractivity contribution >= 4 is 40.7 Å². The SMILES string of the molecule is CCc1ccc2ccc(/C=C/C(C)(C#N)C(=O)NC(C(=O)NC(C)C(=O)N3CCCC(C(=O)O)N3)C(C)C)cc2n1. The molecular weight excluding hydrogens is 524 g/mol. The van der Waals surface area contributed by atoms with Gasteiger partial charge in [0.2, 0.25) is 11.8 Å². The molecule has 1 aliphatic heterocycles. The molecule has 1 aromatic heterocycles. The zero-order valence-electron chi connectivity index (χ0n) is 24.1. The number of pyridine rings is 1. The first-order valence-electron chi connectivity index (χ1n) is 13.8. The van der Waals surface area contributed by atoms with Crippen molar-refractivity contribution < 1.29 is 24.3 Å². The number of fused-ring (bicyclic) bond motifs is 1. The topological polar surface area (TPSA) is 165 Å². The van der Waals surface area contributed by atoms with Gasteiger partial charge in [-0.05, 0) is 56.7 Å². The lowest BCUT2D eigenvalue weighted by molar-refractivity contribution is -0.148. The van der Waals surface area contributed by atoms with Gasteiger partial charge in [-0.1, -0.05) is 51.1 Å². The zero-order valence-corrected chi connectivity index (χ0v) is 24.1. The van der Waals surface area contributed by atoms with Gasteiger partial charge in [0, 0.05) is 17.6 Å². The summed E-state index contributed by atoms with van der Waals surface area (Å²) < 4.78 is 0. The van der Waals surface area contributed by atoms with Crippen molar-refractivity contribution in [2.24, 2.45) is 11.3 Å². The Hall–Kier alpha value is -4.30. The Bertz CT molecular complexity index is 1380. The summed E-state index contributed by atoms with van der Waals surface area (Å²) in [6.45, 7) is 8.79. The molecule has 0 spiro atoms. The minimum atomic E-state index is -1.58. The summed E-state index contributed by atoms with van der Waals surface area (Å²) in [4.78, 5) is 55.2. The second-order valence-corrected chi connectivity index (χ2v) is 10.8. The molecule has 0 radical (unpaired) electrons. The maximum atomic E-state index is 13.3. The molecule has 4 N–H and O–H groups in total. The van der Waals surface area contributed by atoms with E-state index in [0.717, 1.165) is 28.6 Å². The van der Waals surface area contributed by atoms with Crippen molar-refractivity contribution in [2.75, 3.05) is 6.54 Å². The van der Waals surface area contributed by atoms with E-state index in [2.05, 4.69) is 21.0 Å². The van der Waals surface area contributed by atoms with Crippen molar-refractivity contribution in [3.8, 4) is 6.07 Å². The van der Waals surface area contributed by atoms with Crippen molar-refractivity contribution in [3.63, 3.8) is 0 Å². The third-order valence-electron chi connectivity index (χ3n) is 7.16. The summed E-state index contributed by atoms with van der Waals surface area (Å²) in [6, 6.07) is 8.84. The lowest BCUT2D eigenvalue weighted by Gasteiger charge is -2.34. The Morgan fingerprint density at radius 1 is 1.22 bits per heavy atom. The Labute approximate surface area is 240 Å². The number of nitrogens with one attached hydrogen (secondary N) is 3. The van der Waals surface area contributed by atoms with E-state index in [-0.39, 0.29) is 5.92 Å². The van der Waals surface area contributed by atoms with Gasteiger partial charge < -0.3 is 15.7 Å². The Morgan fingerprint density at radius 3 is 2.56 bits per heavy atom. The zero-order chi connectivity index (χ0) is 30.3. The number of carbonyl (C=O) groups excluding carboxylic acids is 3.